The molecule has 0 spiro atoms. The van der Waals surface area contributed by atoms with Gasteiger partial charge in [-0.15, -0.1) is 11.3 Å². The second kappa shape index (κ2) is 10.5. The monoisotopic (exact) mass is 481 g/mol. The Labute approximate surface area is 199 Å². The molecule has 9 heteroatoms. The van der Waals surface area contributed by atoms with Crippen molar-refractivity contribution in [3.05, 3.63) is 75.9 Å². The predicted octanol–water partition coefficient (Wildman–Crippen LogP) is 4.64. The Morgan fingerprint density at radius 1 is 1.09 bits per heavy atom. The Balaban J connectivity index is 1.51. The van der Waals surface area contributed by atoms with Crippen molar-refractivity contribution in [2.24, 2.45) is 0 Å². The number of ether oxygens (including phenoxy) is 2. The third-order valence-corrected chi connectivity index (χ3v) is 6.68. The topological polar surface area (TPSA) is 82.5 Å². The zero-order valence-corrected chi connectivity index (χ0v) is 19.9. The van der Waals surface area contributed by atoms with Crippen LogP contribution in [-0.4, -0.2) is 34.9 Å². The van der Waals surface area contributed by atoms with Crippen LogP contribution in [0.3, 0.4) is 0 Å². The molecular weight excluding hydrogens is 458 g/mol. The molecule has 0 fully saturated rings. The first kappa shape index (κ1) is 22.9. The standard InChI is InChI=1S/C24H23N3O4S2/c1-3-31-19-10-6-17(7-11-19)25-21(28)15-33-24-26-20-12-13-32-22(20)23(29)27(24)14-16-4-8-18(30-2)9-5-16/h4-13H,3,14-15H2,1-2H3,(H,25,28). The molecule has 0 unspecified atom stereocenters. The number of carbonyl (C=O) groups is 1. The highest BCUT2D eigenvalue weighted by molar-refractivity contribution is 7.99. The molecule has 1 N–H and O–H groups in total. The van der Waals surface area contributed by atoms with Gasteiger partial charge in [-0.3, -0.25) is 14.2 Å². The molecule has 0 saturated carbocycles. The van der Waals surface area contributed by atoms with Crippen molar-refractivity contribution >= 4 is 44.9 Å². The van der Waals surface area contributed by atoms with Gasteiger partial charge in [0.25, 0.3) is 5.56 Å². The molecule has 0 saturated heterocycles. The quantitative estimate of drug-likeness (QED) is 0.277. The van der Waals surface area contributed by atoms with Crippen LogP contribution < -0.4 is 20.3 Å². The summed E-state index contributed by atoms with van der Waals surface area (Å²) in [6.07, 6.45) is 0. The Bertz CT molecular complexity index is 1300. The molecule has 0 aliphatic rings. The lowest BCUT2D eigenvalue weighted by Crippen LogP contribution is -2.24. The summed E-state index contributed by atoms with van der Waals surface area (Å²) in [6, 6.07) is 16.6. The maximum atomic E-state index is 13.1. The normalized spacial score (nSPS) is 10.8. The number of hydrogen-bond donors (Lipinski definition) is 1. The van der Waals surface area contributed by atoms with Crippen molar-refractivity contribution in [3.8, 4) is 11.5 Å². The van der Waals surface area contributed by atoms with Gasteiger partial charge in [0.15, 0.2) is 5.16 Å². The highest BCUT2D eigenvalue weighted by Crippen LogP contribution is 2.23. The minimum atomic E-state index is -0.181. The van der Waals surface area contributed by atoms with Gasteiger partial charge >= 0.3 is 0 Å². The Hall–Kier alpha value is -3.30. The summed E-state index contributed by atoms with van der Waals surface area (Å²) in [6.45, 7) is 2.86. The van der Waals surface area contributed by atoms with Crippen molar-refractivity contribution in [1.82, 2.24) is 9.55 Å². The van der Waals surface area contributed by atoms with Crippen LogP contribution in [0.4, 0.5) is 5.69 Å². The fraction of sp³-hybridized carbons (Fsp3) is 0.208. The zero-order valence-electron chi connectivity index (χ0n) is 18.2. The molecule has 0 aliphatic heterocycles. The predicted molar refractivity (Wildman–Crippen MR) is 133 cm³/mol. The van der Waals surface area contributed by atoms with E-state index in [4.69, 9.17) is 9.47 Å². The maximum absolute atomic E-state index is 13.1. The highest BCUT2D eigenvalue weighted by atomic mass is 32.2. The smallest absolute Gasteiger partial charge is 0.272 e. The van der Waals surface area contributed by atoms with E-state index in [9.17, 15) is 9.59 Å². The van der Waals surface area contributed by atoms with Gasteiger partial charge in [-0.2, -0.15) is 0 Å². The van der Waals surface area contributed by atoms with Crippen LogP contribution in [0.1, 0.15) is 12.5 Å². The summed E-state index contributed by atoms with van der Waals surface area (Å²) in [5, 5.41) is 5.22. The third kappa shape index (κ3) is 5.55. The van der Waals surface area contributed by atoms with E-state index < -0.39 is 0 Å². The first-order valence-corrected chi connectivity index (χ1v) is 12.2. The lowest BCUT2D eigenvalue weighted by molar-refractivity contribution is -0.113. The molecule has 1 amide bonds. The largest absolute Gasteiger partial charge is 0.497 e. The summed E-state index contributed by atoms with van der Waals surface area (Å²) >= 11 is 2.61. The maximum Gasteiger partial charge on any atom is 0.272 e. The summed E-state index contributed by atoms with van der Waals surface area (Å²) in [4.78, 5) is 30.3. The molecule has 0 bridgehead atoms. The van der Waals surface area contributed by atoms with Gasteiger partial charge in [0.2, 0.25) is 5.91 Å². The van der Waals surface area contributed by atoms with Crippen LogP contribution in [0, 0.1) is 0 Å². The number of fused-ring (bicyclic) bond motifs is 1. The summed E-state index contributed by atoms with van der Waals surface area (Å²) in [5.41, 5.74) is 2.16. The van der Waals surface area contributed by atoms with E-state index in [-0.39, 0.29) is 17.2 Å². The molecule has 2 aromatic heterocycles. The highest BCUT2D eigenvalue weighted by Gasteiger charge is 2.15. The molecule has 0 radical (unpaired) electrons. The van der Waals surface area contributed by atoms with Gasteiger partial charge in [-0.05, 0) is 60.3 Å². The Kier molecular flexibility index (Phi) is 7.31. The average Bonchev–Trinajstić information content (AvgIpc) is 3.30. The van der Waals surface area contributed by atoms with Crippen LogP contribution in [-0.2, 0) is 11.3 Å². The summed E-state index contributed by atoms with van der Waals surface area (Å²) in [7, 11) is 1.61. The van der Waals surface area contributed by atoms with Crippen LogP contribution in [0.2, 0.25) is 0 Å². The lowest BCUT2D eigenvalue weighted by Gasteiger charge is -2.13. The first-order chi connectivity index (χ1) is 16.1. The molecule has 4 aromatic rings. The van der Waals surface area contributed by atoms with E-state index in [0.29, 0.717) is 34.2 Å². The van der Waals surface area contributed by atoms with Crippen molar-refractivity contribution in [2.75, 3.05) is 24.8 Å². The molecule has 2 heterocycles. The van der Waals surface area contributed by atoms with Gasteiger partial charge in [-0.1, -0.05) is 23.9 Å². The number of methoxy groups -OCH3 is 1. The fourth-order valence-corrected chi connectivity index (χ4v) is 4.79. The van der Waals surface area contributed by atoms with Crippen molar-refractivity contribution in [3.63, 3.8) is 0 Å². The van der Waals surface area contributed by atoms with Gasteiger partial charge in [0, 0.05) is 5.69 Å². The number of hydrogen-bond acceptors (Lipinski definition) is 7. The number of thioether (sulfide) groups is 1. The minimum Gasteiger partial charge on any atom is -0.497 e. The van der Waals surface area contributed by atoms with E-state index in [1.807, 2.05) is 54.8 Å². The number of carbonyl (C=O) groups excluding carboxylic acids is 1. The molecule has 0 aliphatic carbocycles. The molecule has 0 atom stereocenters. The third-order valence-electron chi connectivity index (χ3n) is 4.81. The van der Waals surface area contributed by atoms with Gasteiger partial charge < -0.3 is 14.8 Å². The zero-order chi connectivity index (χ0) is 23.2. The lowest BCUT2D eigenvalue weighted by atomic mass is 10.2. The summed E-state index contributed by atoms with van der Waals surface area (Å²) < 4.78 is 12.9. The number of amides is 1. The SMILES string of the molecule is CCOc1ccc(NC(=O)CSc2nc3ccsc3c(=O)n2Cc2ccc(OC)cc2)cc1. The van der Waals surface area contributed by atoms with Crippen LogP contribution in [0.5, 0.6) is 11.5 Å². The van der Waals surface area contributed by atoms with Crippen LogP contribution in [0.25, 0.3) is 10.2 Å². The first-order valence-electron chi connectivity index (χ1n) is 10.3. The number of nitrogens with one attached hydrogen (secondary N) is 1. The number of anilines is 1. The number of nitrogens with zero attached hydrogens (tertiary/aromatic N) is 2. The molecule has 33 heavy (non-hydrogen) atoms. The fourth-order valence-electron chi connectivity index (χ4n) is 3.21. The van der Waals surface area contributed by atoms with Gasteiger partial charge in [-0.25, -0.2) is 4.98 Å². The Morgan fingerprint density at radius 2 is 1.82 bits per heavy atom. The molecular formula is C24H23N3O4S2. The van der Waals surface area contributed by atoms with E-state index in [2.05, 4.69) is 10.3 Å². The van der Waals surface area contributed by atoms with Crippen LogP contribution >= 0.6 is 23.1 Å². The second-order valence-corrected chi connectivity index (χ2v) is 8.92. The van der Waals surface area contributed by atoms with Crippen molar-refractivity contribution in [2.45, 2.75) is 18.6 Å². The Morgan fingerprint density at radius 3 is 2.52 bits per heavy atom. The molecule has 4 rings (SSSR count). The van der Waals surface area contributed by atoms with E-state index in [0.717, 1.165) is 17.1 Å². The minimum absolute atomic E-state index is 0.111. The number of rotatable bonds is 9. The van der Waals surface area contributed by atoms with Crippen molar-refractivity contribution in [1.29, 1.82) is 0 Å². The van der Waals surface area contributed by atoms with Crippen LogP contribution in [0.15, 0.2) is 69.9 Å². The molecule has 2 aromatic carbocycles. The second-order valence-electron chi connectivity index (χ2n) is 7.06. The van der Waals surface area contributed by atoms with Gasteiger partial charge in [0.05, 0.1) is 31.5 Å². The molecule has 7 nitrogen and oxygen atoms in total. The van der Waals surface area contributed by atoms with Crippen molar-refractivity contribution < 1.29 is 14.3 Å². The number of thiophene rings is 1. The van der Waals surface area contributed by atoms with E-state index in [1.165, 1.54) is 23.1 Å². The molecule has 170 valence electrons. The number of aromatic nitrogens is 2. The van der Waals surface area contributed by atoms with Gasteiger partial charge in [0.1, 0.15) is 16.2 Å². The van der Waals surface area contributed by atoms with E-state index in [1.54, 1.807) is 23.8 Å². The summed E-state index contributed by atoms with van der Waals surface area (Å²) in [5.74, 6) is 1.44. The number of benzene rings is 2. The average molecular weight is 482 g/mol. The van der Waals surface area contributed by atoms with E-state index >= 15 is 0 Å².